The maximum atomic E-state index is 13.4. The first-order valence-corrected chi connectivity index (χ1v) is 6.12. The van der Waals surface area contributed by atoms with E-state index in [1.54, 1.807) is 6.07 Å². The summed E-state index contributed by atoms with van der Waals surface area (Å²) in [7, 11) is 0. The summed E-state index contributed by atoms with van der Waals surface area (Å²) in [6.07, 6.45) is 2.29. The number of benzene rings is 1. The van der Waals surface area contributed by atoms with E-state index in [1.807, 2.05) is 4.90 Å². The summed E-state index contributed by atoms with van der Waals surface area (Å²) in [6.45, 7) is 0.694. The Labute approximate surface area is 114 Å². The topological polar surface area (TPSA) is 67.1 Å². The number of nitrogens with one attached hydrogen (secondary N) is 1. The summed E-state index contributed by atoms with van der Waals surface area (Å²) < 4.78 is 13.4. The van der Waals surface area contributed by atoms with Gasteiger partial charge in [0.1, 0.15) is 10.8 Å². The highest BCUT2D eigenvalue weighted by molar-refractivity contribution is 6.33. The molecule has 3 N–H and O–H groups in total. The maximum absolute atomic E-state index is 13.4. The van der Waals surface area contributed by atoms with E-state index >= 15 is 0 Å². The fraction of sp³-hybridized carbons (Fsp3) is 0.167. The fourth-order valence-corrected chi connectivity index (χ4v) is 2.38. The Morgan fingerprint density at radius 1 is 1.42 bits per heavy atom. The van der Waals surface area contributed by atoms with Crippen molar-refractivity contribution in [2.75, 3.05) is 16.9 Å². The zero-order valence-electron chi connectivity index (χ0n) is 9.90. The molecule has 0 saturated heterocycles. The van der Waals surface area contributed by atoms with Crippen LogP contribution in [0.25, 0.3) is 0 Å². The largest absolute Gasteiger partial charge is 0.324 e. The van der Waals surface area contributed by atoms with Gasteiger partial charge in [-0.2, -0.15) is 4.98 Å². The molecule has 2 heterocycles. The molecule has 98 valence electrons. The lowest BCUT2D eigenvalue weighted by Gasteiger charge is -2.19. The summed E-state index contributed by atoms with van der Waals surface area (Å²) in [5.74, 6) is 5.80. The minimum absolute atomic E-state index is 0.268. The average molecular weight is 280 g/mol. The highest BCUT2D eigenvalue weighted by Gasteiger charge is 2.24. The number of rotatable bonds is 2. The van der Waals surface area contributed by atoms with Gasteiger partial charge in [0.15, 0.2) is 5.82 Å². The van der Waals surface area contributed by atoms with Crippen molar-refractivity contribution in [1.82, 2.24) is 9.97 Å². The van der Waals surface area contributed by atoms with Gasteiger partial charge in [-0.25, -0.2) is 15.2 Å². The molecule has 0 aliphatic carbocycles. The van der Waals surface area contributed by atoms with Crippen LogP contribution in [0.4, 0.5) is 21.8 Å². The second-order valence-corrected chi connectivity index (χ2v) is 4.59. The Morgan fingerprint density at radius 3 is 3.05 bits per heavy atom. The molecule has 0 unspecified atom stereocenters. The number of fused-ring (bicyclic) bond motifs is 1. The smallest absolute Gasteiger partial charge is 0.239 e. The Hall–Kier alpha value is -1.92. The normalized spacial score (nSPS) is 13.5. The molecule has 1 aliphatic rings. The predicted octanol–water partition coefficient (Wildman–Crippen LogP) is 2.25. The minimum Gasteiger partial charge on any atom is -0.324 e. The van der Waals surface area contributed by atoms with Crippen LogP contribution < -0.4 is 16.2 Å². The van der Waals surface area contributed by atoms with E-state index in [4.69, 9.17) is 17.4 Å². The number of hydrogen-bond donors (Lipinski definition) is 2. The summed E-state index contributed by atoms with van der Waals surface area (Å²) in [5, 5.41) is 0.399. The van der Waals surface area contributed by atoms with Crippen LogP contribution in [0.5, 0.6) is 0 Å². The van der Waals surface area contributed by atoms with Crippen molar-refractivity contribution in [3.8, 4) is 0 Å². The van der Waals surface area contributed by atoms with Gasteiger partial charge in [-0.15, -0.1) is 0 Å². The number of anilines is 3. The summed E-state index contributed by atoms with van der Waals surface area (Å²) in [5.41, 5.74) is 4.22. The summed E-state index contributed by atoms with van der Waals surface area (Å²) in [4.78, 5) is 10.0. The van der Waals surface area contributed by atoms with Crippen molar-refractivity contribution in [2.24, 2.45) is 5.84 Å². The number of hydrogen-bond acceptors (Lipinski definition) is 5. The lowest BCUT2D eigenvalue weighted by molar-refractivity contribution is 0.628. The van der Waals surface area contributed by atoms with Crippen LogP contribution in [-0.2, 0) is 6.42 Å². The number of aromatic nitrogens is 2. The Morgan fingerprint density at radius 2 is 2.26 bits per heavy atom. The Bertz CT molecular complexity index is 634. The summed E-state index contributed by atoms with van der Waals surface area (Å²) in [6, 6.07) is 4.72. The first-order chi connectivity index (χ1) is 9.19. The van der Waals surface area contributed by atoms with Gasteiger partial charge in [-0.3, -0.25) is 5.43 Å². The quantitative estimate of drug-likeness (QED) is 0.652. The molecule has 0 atom stereocenters. The Kier molecular flexibility index (Phi) is 2.96. The standard InChI is InChI=1S/C12H11ClFN5/c13-9-6-16-12(18-15)17-11(9)19-4-3-7-1-2-8(14)5-10(7)19/h1-2,5-6H,3-4,15H2,(H,16,17,18). The van der Waals surface area contributed by atoms with Crippen molar-refractivity contribution in [1.29, 1.82) is 0 Å². The molecule has 0 fully saturated rings. The van der Waals surface area contributed by atoms with Gasteiger partial charge in [0.05, 0.1) is 6.20 Å². The monoisotopic (exact) mass is 279 g/mol. The molecular formula is C12H11ClFN5. The van der Waals surface area contributed by atoms with E-state index in [0.29, 0.717) is 17.4 Å². The fourth-order valence-electron chi connectivity index (χ4n) is 2.19. The second-order valence-electron chi connectivity index (χ2n) is 4.18. The zero-order valence-corrected chi connectivity index (χ0v) is 10.7. The molecule has 1 aromatic heterocycles. The van der Waals surface area contributed by atoms with Crippen LogP contribution in [0.2, 0.25) is 5.02 Å². The highest BCUT2D eigenvalue weighted by Crippen LogP contribution is 2.37. The number of nitrogen functional groups attached to an aromatic ring is 1. The molecule has 5 nitrogen and oxygen atoms in total. The van der Waals surface area contributed by atoms with Crippen LogP contribution in [0.1, 0.15) is 5.56 Å². The van der Waals surface area contributed by atoms with E-state index < -0.39 is 0 Å². The van der Waals surface area contributed by atoms with E-state index in [0.717, 1.165) is 17.7 Å². The van der Waals surface area contributed by atoms with Crippen LogP contribution >= 0.6 is 11.6 Å². The van der Waals surface area contributed by atoms with Crippen molar-refractivity contribution < 1.29 is 4.39 Å². The number of halogens is 2. The van der Waals surface area contributed by atoms with Crippen molar-refractivity contribution in [2.45, 2.75) is 6.42 Å². The van der Waals surface area contributed by atoms with Gasteiger partial charge >= 0.3 is 0 Å². The molecule has 1 aromatic carbocycles. The van der Waals surface area contributed by atoms with Gasteiger partial charge < -0.3 is 4.90 Å². The van der Waals surface area contributed by atoms with Crippen LogP contribution in [0.3, 0.4) is 0 Å². The van der Waals surface area contributed by atoms with E-state index in [9.17, 15) is 4.39 Å². The first kappa shape index (κ1) is 12.1. The van der Waals surface area contributed by atoms with Crippen LogP contribution in [0.15, 0.2) is 24.4 Å². The van der Waals surface area contributed by atoms with E-state index in [1.165, 1.54) is 18.3 Å². The maximum Gasteiger partial charge on any atom is 0.239 e. The SMILES string of the molecule is NNc1ncc(Cl)c(N2CCc3ccc(F)cc32)n1. The van der Waals surface area contributed by atoms with Crippen molar-refractivity contribution in [3.05, 3.63) is 40.8 Å². The van der Waals surface area contributed by atoms with E-state index in [2.05, 4.69) is 15.4 Å². The number of nitrogens with zero attached hydrogens (tertiary/aromatic N) is 3. The van der Waals surface area contributed by atoms with Crippen LogP contribution in [0, 0.1) is 5.82 Å². The first-order valence-electron chi connectivity index (χ1n) is 5.74. The third kappa shape index (κ3) is 2.09. The van der Waals surface area contributed by atoms with Gasteiger partial charge in [0, 0.05) is 12.2 Å². The van der Waals surface area contributed by atoms with Crippen LogP contribution in [-0.4, -0.2) is 16.5 Å². The van der Waals surface area contributed by atoms with Gasteiger partial charge in [0.25, 0.3) is 0 Å². The molecule has 7 heteroatoms. The average Bonchev–Trinajstić information content (AvgIpc) is 2.82. The molecule has 0 spiro atoms. The minimum atomic E-state index is -0.284. The van der Waals surface area contributed by atoms with Gasteiger partial charge in [0.2, 0.25) is 5.95 Å². The molecule has 0 bridgehead atoms. The molecular weight excluding hydrogens is 269 g/mol. The third-order valence-corrected chi connectivity index (χ3v) is 3.32. The molecule has 0 amide bonds. The molecule has 2 aromatic rings. The highest BCUT2D eigenvalue weighted by atomic mass is 35.5. The Balaban J connectivity index is 2.08. The third-order valence-electron chi connectivity index (χ3n) is 3.05. The van der Waals surface area contributed by atoms with Crippen molar-refractivity contribution >= 4 is 29.1 Å². The molecule has 0 saturated carbocycles. The molecule has 3 rings (SSSR count). The second kappa shape index (κ2) is 4.64. The summed E-state index contributed by atoms with van der Waals surface area (Å²) >= 11 is 6.11. The van der Waals surface area contributed by atoms with Gasteiger partial charge in [-0.1, -0.05) is 17.7 Å². The molecule has 0 radical (unpaired) electrons. The lowest BCUT2D eigenvalue weighted by Crippen LogP contribution is -2.18. The molecule has 19 heavy (non-hydrogen) atoms. The number of nitrogens with two attached hydrogens (primary N) is 1. The number of hydrazine groups is 1. The van der Waals surface area contributed by atoms with Crippen molar-refractivity contribution in [3.63, 3.8) is 0 Å². The van der Waals surface area contributed by atoms with E-state index in [-0.39, 0.29) is 11.8 Å². The lowest BCUT2D eigenvalue weighted by atomic mass is 10.2. The predicted molar refractivity (Wildman–Crippen MR) is 72.0 cm³/mol. The zero-order chi connectivity index (χ0) is 13.4. The van der Waals surface area contributed by atoms with Gasteiger partial charge in [-0.05, 0) is 24.1 Å². The molecule has 1 aliphatic heterocycles.